The lowest BCUT2D eigenvalue weighted by atomic mass is 10.4. The third kappa shape index (κ3) is 1.32. The number of aromatic nitrogens is 4. The van der Waals surface area contributed by atoms with Crippen molar-refractivity contribution in [2.75, 3.05) is 0 Å². The van der Waals surface area contributed by atoms with Crippen LogP contribution in [0.25, 0.3) is 16.2 Å². The second-order valence-corrected chi connectivity index (χ2v) is 4.50. The predicted molar refractivity (Wildman–Crippen MR) is 59.3 cm³/mol. The van der Waals surface area contributed by atoms with Gasteiger partial charge in [0.2, 0.25) is 0 Å². The molecule has 15 heavy (non-hydrogen) atoms. The summed E-state index contributed by atoms with van der Waals surface area (Å²) in [5, 5.41) is 9.20. The van der Waals surface area contributed by atoms with E-state index in [-0.39, 0.29) is 0 Å². The molecule has 4 nitrogen and oxygen atoms in total. The van der Waals surface area contributed by atoms with Crippen molar-refractivity contribution in [3.63, 3.8) is 0 Å². The van der Waals surface area contributed by atoms with Crippen LogP contribution in [0.5, 0.6) is 0 Å². The molecule has 3 aromatic heterocycles. The van der Waals surface area contributed by atoms with Crippen molar-refractivity contribution in [1.82, 2.24) is 20.0 Å². The van der Waals surface area contributed by atoms with Crippen molar-refractivity contribution in [1.29, 1.82) is 0 Å². The number of pyridine rings is 1. The summed E-state index contributed by atoms with van der Waals surface area (Å²) < 4.78 is 1.77. The molecule has 3 aromatic rings. The van der Waals surface area contributed by atoms with Crippen molar-refractivity contribution in [2.24, 2.45) is 0 Å². The Hall–Kier alpha value is -1.75. The zero-order chi connectivity index (χ0) is 10.3. The Morgan fingerprint density at radius 2 is 2.20 bits per heavy atom. The van der Waals surface area contributed by atoms with E-state index < -0.39 is 0 Å². The fourth-order valence-corrected chi connectivity index (χ4v) is 2.26. The molecule has 74 valence electrons. The summed E-state index contributed by atoms with van der Waals surface area (Å²) in [5.41, 5.74) is 1.63. The maximum atomic E-state index is 4.27. The molecule has 0 aromatic carbocycles. The molecule has 3 heterocycles. The second-order valence-electron chi connectivity index (χ2n) is 3.23. The van der Waals surface area contributed by atoms with Crippen LogP contribution >= 0.6 is 11.3 Å². The molecule has 0 amide bonds. The van der Waals surface area contributed by atoms with Crippen LogP contribution in [0.3, 0.4) is 0 Å². The third-order valence-corrected chi connectivity index (χ3v) is 3.12. The smallest absolute Gasteiger partial charge is 0.184 e. The van der Waals surface area contributed by atoms with Crippen molar-refractivity contribution in [2.45, 2.75) is 6.92 Å². The average molecular weight is 216 g/mol. The Labute approximate surface area is 90.2 Å². The molecule has 0 unspecified atom stereocenters. The highest BCUT2D eigenvalue weighted by Crippen LogP contribution is 2.21. The number of hydrogen-bond donors (Lipinski definition) is 0. The molecular weight excluding hydrogens is 208 g/mol. The van der Waals surface area contributed by atoms with Gasteiger partial charge in [0, 0.05) is 11.1 Å². The monoisotopic (exact) mass is 216 g/mol. The number of fused-ring (bicyclic) bond motifs is 1. The van der Waals surface area contributed by atoms with E-state index in [4.69, 9.17) is 0 Å². The van der Waals surface area contributed by atoms with Crippen LogP contribution in [0.2, 0.25) is 0 Å². The topological polar surface area (TPSA) is 43.6 Å². The lowest BCUT2D eigenvalue weighted by Crippen LogP contribution is -1.94. The first-order chi connectivity index (χ1) is 7.34. The molecular formula is C10H8N4S. The van der Waals surface area contributed by atoms with Crippen LogP contribution in [-0.2, 0) is 0 Å². The Kier molecular flexibility index (Phi) is 1.78. The summed E-state index contributed by atoms with van der Waals surface area (Å²) in [5.74, 6) is 0. The Balaban J connectivity index is 2.27. The van der Waals surface area contributed by atoms with E-state index in [2.05, 4.69) is 28.3 Å². The number of nitrogens with zero attached hydrogens (tertiary/aromatic N) is 4. The van der Waals surface area contributed by atoms with Crippen molar-refractivity contribution in [3.05, 3.63) is 35.3 Å². The van der Waals surface area contributed by atoms with E-state index in [9.17, 15) is 0 Å². The summed E-state index contributed by atoms with van der Waals surface area (Å²) >= 11 is 1.68. The fraction of sp³-hybridized carbons (Fsp3) is 0.100. The molecule has 0 aliphatic rings. The highest BCUT2D eigenvalue weighted by Gasteiger charge is 2.07. The Morgan fingerprint density at radius 1 is 1.27 bits per heavy atom. The van der Waals surface area contributed by atoms with E-state index in [1.165, 1.54) is 4.88 Å². The summed E-state index contributed by atoms with van der Waals surface area (Å²) in [6.45, 7) is 2.07. The van der Waals surface area contributed by atoms with Gasteiger partial charge in [0.05, 0.1) is 0 Å². The molecule has 0 saturated heterocycles. The highest BCUT2D eigenvalue weighted by atomic mass is 32.1. The number of thiophene rings is 1. The minimum Gasteiger partial charge on any atom is -0.235 e. The van der Waals surface area contributed by atoms with E-state index in [1.807, 2.05) is 18.2 Å². The Morgan fingerprint density at radius 3 is 3.00 bits per heavy atom. The molecule has 0 N–H and O–H groups in total. The summed E-state index contributed by atoms with van der Waals surface area (Å²) in [6.07, 6.45) is 1.75. The molecule has 0 spiro atoms. The molecule has 0 fully saturated rings. The quantitative estimate of drug-likeness (QED) is 0.626. The molecule has 5 heteroatoms. The van der Waals surface area contributed by atoms with Gasteiger partial charge in [0.15, 0.2) is 5.65 Å². The standard InChI is InChI=1S/C10H8N4S/c1-7-4-5-9(15-7)14-10-8(12-13-14)3-2-6-11-10/h2-6H,1H3. The van der Waals surface area contributed by atoms with Crippen LogP contribution in [0, 0.1) is 6.92 Å². The highest BCUT2D eigenvalue weighted by molar-refractivity contribution is 7.14. The van der Waals surface area contributed by atoms with Crippen molar-refractivity contribution in [3.8, 4) is 5.00 Å². The zero-order valence-corrected chi connectivity index (χ0v) is 8.90. The minimum absolute atomic E-state index is 0.805. The number of rotatable bonds is 1. The second kappa shape index (κ2) is 3.13. The van der Waals surface area contributed by atoms with E-state index in [0.717, 1.165) is 16.2 Å². The van der Waals surface area contributed by atoms with Crippen LogP contribution in [0.15, 0.2) is 30.5 Å². The molecule has 0 radical (unpaired) electrons. The van der Waals surface area contributed by atoms with Gasteiger partial charge in [-0.15, -0.1) is 16.4 Å². The Bertz CT molecular complexity index is 610. The largest absolute Gasteiger partial charge is 0.235 e. The van der Waals surface area contributed by atoms with Gasteiger partial charge in [-0.25, -0.2) is 4.98 Å². The van der Waals surface area contributed by atoms with Crippen molar-refractivity contribution < 1.29 is 0 Å². The normalized spacial score (nSPS) is 11.0. The van der Waals surface area contributed by atoms with Crippen LogP contribution in [-0.4, -0.2) is 20.0 Å². The first-order valence-electron chi connectivity index (χ1n) is 4.58. The first kappa shape index (κ1) is 8.55. The van der Waals surface area contributed by atoms with Gasteiger partial charge in [-0.3, -0.25) is 0 Å². The van der Waals surface area contributed by atoms with Crippen LogP contribution < -0.4 is 0 Å². The van der Waals surface area contributed by atoms with Crippen LogP contribution in [0.1, 0.15) is 4.88 Å². The van der Waals surface area contributed by atoms with Gasteiger partial charge in [0.1, 0.15) is 10.5 Å². The molecule has 3 rings (SSSR count). The minimum atomic E-state index is 0.805. The van der Waals surface area contributed by atoms with Gasteiger partial charge in [-0.1, -0.05) is 5.21 Å². The SMILES string of the molecule is Cc1ccc(-n2nnc3cccnc32)s1. The van der Waals surface area contributed by atoms with E-state index >= 15 is 0 Å². The molecule has 0 bridgehead atoms. The summed E-state index contributed by atoms with van der Waals surface area (Å²) in [7, 11) is 0. The van der Waals surface area contributed by atoms with Gasteiger partial charge < -0.3 is 0 Å². The number of aryl methyl sites for hydroxylation is 1. The molecule has 0 atom stereocenters. The summed E-state index contributed by atoms with van der Waals surface area (Å²) in [6, 6.07) is 7.87. The zero-order valence-electron chi connectivity index (χ0n) is 8.08. The predicted octanol–water partition coefficient (Wildman–Crippen LogP) is 2.19. The molecule has 0 aliphatic heterocycles. The first-order valence-corrected chi connectivity index (χ1v) is 5.39. The van der Waals surface area contributed by atoms with Crippen molar-refractivity contribution >= 4 is 22.5 Å². The van der Waals surface area contributed by atoms with Gasteiger partial charge in [-0.2, -0.15) is 4.68 Å². The van der Waals surface area contributed by atoms with Gasteiger partial charge in [0.25, 0.3) is 0 Å². The maximum absolute atomic E-state index is 4.27. The van der Waals surface area contributed by atoms with Gasteiger partial charge >= 0.3 is 0 Å². The van der Waals surface area contributed by atoms with E-state index in [1.54, 1.807) is 22.2 Å². The van der Waals surface area contributed by atoms with Crippen LogP contribution in [0.4, 0.5) is 0 Å². The molecule has 0 saturated carbocycles. The maximum Gasteiger partial charge on any atom is 0.184 e. The third-order valence-electron chi connectivity index (χ3n) is 2.14. The molecule has 0 aliphatic carbocycles. The average Bonchev–Trinajstić information content (AvgIpc) is 2.83. The lowest BCUT2D eigenvalue weighted by Gasteiger charge is -1.94. The number of hydrogen-bond acceptors (Lipinski definition) is 4. The fourth-order valence-electron chi connectivity index (χ4n) is 1.45. The summed E-state index contributed by atoms with van der Waals surface area (Å²) in [4.78, 5) is 5.53. The van der Waals surface area contributed by atoms with Gasteiger partial charge in [-0.05, 0) is 31.2 Å². The lowest BCUT2D eigenvalue weighted by molar-refractivity contribution is 0.829. The van der Waals surface area contributed by atoms with E-state index in [0.29, 0.717) is 0 Å².